The lowest BCUT2D eigenvalue weighted by Crippen LogP contribution is -2.09. The molecular weight excluding hydrogens is 300 g/mol. The summed E-state index contributed by atoms with van der Waals surface area (Å²) in [6.07, 6.45) is 3.33. The number of carbonyl (C=O) groups is 1. The average molecular weight is 310 g/mol. The van der Waals surface area contributed by atoms with Crippen molar-refractivity contribution in [2.24, 2.45) is 0 Å². The van der Waals surface area contributed by atoms with E-state index in [1.54, 1.807) is 47.2 Å². The Morgan fingerprint density at radius 3 is 2.67 bits per heavy atom. The van der Waals surface area contributed by atoms with Crippen LogP contribution < -0.4 is 5.32 Å². The van der Waals surface area contributed by atoms with Crippen LogP contribution in [0, 0.1) is 0 Å². The van der Waals surface area contributed by atoms with Gasteiger partial charge in [0.2, 0.25) is 0 Å². The Hall–Kier alpha value is -2.24. The first-order chi connectivity index (χ1) is 10.3. The highest BCUT2D eigenvalue weighted by Crippen LogP contribution is 2.39. The molecule has 0 saturated heterocycles. The van der Waals surface area contributed by atoms with Crippen LogP contribution in [0.1, 0.15) is 9.67 Å². The van der Waals surface area contributed by atoms with Crippen LogP contribution in [0.5, 0.6) is 0 Å². The Kier molecular flexibility index (Phi) is 2.94. The van der Waals surface area contributed by atoms with Crippen LogP contribution in [0.15, 0.2) is 54.9 Å². The molecule has 0 radical (unpaired) electrons. The number of amides is 1. The maximum atomic E-state index is 12.3. The minimum absolute atomic E-state index is 0.0707. The molecule has 0 aliphatic carbocycles. The number of benzene rings is 1. The summed E-state index contributed by atoms with van der Waals surface area (Å²) in [5.74, 6) is -0.0707. The van der Waals surface area contributed by atoms with Gasteiger partial charge in [-0.25, -0.2) is 0 Å². The van der Waals surface area contributed by atoms with Crippen molar-refractivity contribution in [2.75, 3.05) is 5.32 Å². The number of aromatic nitrogens is 1. The maximum absolute atomic E-state index is 12.3. The number of pyridine rings is 1. The molecule has 1 amide bonds. The topological polar surface area (TPSA) is 42.0 Å². The molecule has 4 aromatic rings. The van der Waals surface area contributed by atoms with Gasteiger partial charge >= 0.3 is 0 Å². The van der Waals surface area contributed by atoms with Gasteiger partial charge in [-0.3, -0.25) is 9.78 Å². The number of hydrogen-bond donors (Lipinski definition) is 1. The first-order valence-electron chi connectivity index (χ1n) is 6.44. The van der Waals surface area contributed by atoms with Gasteiger partial charge in [0.1, 0.15) is 0 Å². The zero-order valence-corrected chi connectivity index (χ0v) is 12.5. The van der Waals surface area contributed by atoms with E-state index in [2.05, 4.69) is 22.4 Å². The van der Waals surface area contributed by atoms with Crippen LogP contribution in [0.4, 0.5) is 5.69 Å². The number of carbonyl (C=O) groups excluding carboxylic acids is 1. The van der Waals surface area contributed by atoms with Gasteiger partial charge < -0.3 is 5.32 Å². The lowest BCUT2D eigenvalue weighted by Gasteiger charge is -2.01. The fraction of sp³-hybridized carbons (Fsp3) is 0. The van der Waals surface area contributed by atoms with E-state index >= 15 is 0 Å². The maximum Gasteiger partial charge on any atom is 0.265 e. The standard InChI is InChI=1S/C16H10N2OS2/c19-16(18-10-5-7-17-8-6-10)14-9-13-15(21-14)11-3-1-2-4-12(11)20-13/h1-9H,(H,17,18,19). The zero-order chi connectivity index (χ0) is 14.2. The van der Waals surface area contributed by atoms with Gasteiger partial charge in [-0.05, 0) is 24.3 Å². The minimum atomic E-state index is -0.0707. The minimum Gasteiger partial charge on any atom is -0.321 e. The second-order valence-electron chi connectivity index (χ2n) is 4.59. The summed E-state index contributed by atoms with van der Waals surface area (Å²) in [6, 6.07) is 13.8. The fourth-order valence-electron chi connectivity index (χ4n) is 2.24. The van der Waals surface area contributed by atoms with Crippen molar-refractivity contribution in [3.8, 4) is 0 Å². The zero-order valence-electron chi connectivity index (χ0n) is 10.9. The number of anilines is 1. The summed E-state index contributed by atoms with van der Waals surface area (Å²) in [7, 11) is 0. The van der Waals surface area contributed by atoms with Gasteiger partial charge in [0.15, 0.2) is 0 Å². The van der Waals surface area contributed by atoms with Crippen LogP contribution in [0.3, 0.4) is 0 Å². The summed E-state index contributed by atoms with van der Waals surface area (Å²) >= 11 is 3.27. The summed E-state index contributed by atoms with van der Waals surface area (Å²) in [6.45, 7) is 0. The summed E-state index contributed by atoms with van der Waals surface area (Å²) < 4.78 is 3.62. The third kappa shape index (κ3) is 2.20. The van der Waals surface area contributed by atoms with Gasteiger partial charge in [0.05, 0.1) is 9.58 Å². The molecule has 0 unspecified atom stereocenters. The van der Waals surface area contributed by atoms with Gasteiger partial charge in [0, 0.05) is 32.9 Å². The van der Waals surface area contributed by atoms with Gasteiger partial charge in [-0.1, -0.05) is 18.2 Å². The summed E-state index contributed by atoms with van der Waals surface area (Å²) in [5, 5.41) is 4.12. The largest absolute Gasteiger partial charge is 0.321 e. The SMILES string of the molecule is O=C(Nc1ccncc1)c1cc2sc3ccccc3c2s1. The molecule has 3 aromatic heterocycles. The van der Waals surface area contributed by atoms with Crippen molar-refractivity contribution in [1.82, 2.24) is 4.98 Å². The van der Waals surface area contributed by atoms with Crippen LogP contribution in [-0.4, -0.2) is 10.9 Å². The first-order valence-corrected chi connectivity index (χ1v) is 8.07. The Balaban J connectivity index is 1.72. The van der Waals surface area contributed by atoms with E-state index in [4.69, 9.17) is 0 Å². The Bertz CT molecular complexity index is 941. The number of thiophene rings is 2. The average Bonchev–Trinajstić information content (AvgIpc) is 3.06. The fourth-order valence-corrected chi connectivity index (χ4v) is 4.66. The molecule has 3 heterocycles. The van der Waals surface area contributed by atoms with Crippen LogP contribution in [-0.2, 0) is 0 Å². The summed E-state index contributed by atoms with van der Waals surface area (Å²) in [4.78, 5) is 17.0. The Morgan fingerprint density at radius 1 is 1.00 bits per heavy atom. The second kappa shape index (κ2) is 4.95. The molecule has 0 spiro atoms. The molecule has 0 saturated carbocycles. The van der Waals surface area contributed by atoms with Crippen molar-refractivity contribution < 1.29 is 4.79 Å². The highest BCUT2D eigenvalue weighted by Gasteiger charge is 2.14. The molecule has 0 bridgehead atoms. The Labute approximate surface area is 128 Å². The normalized spacial score (nSPS) is 11.0. The molecule has 21 heavy (non-hydrogen) atoms. The molecular formula is C16H10N2OS2. The predicted molar refractivity (Wildman–Crippen MR) is 89.4 cm³/mol. The summed E-state index contributed by atoms with van der Waals surface area (Å²) in [5.41, 5.74) is 0.761. The molecule has 1 aromatic carbocycles. The van der Waals surface area contributed by atoms with E-state index < -0.39 is 0 Å². The third-order valence-corrected chi connectivity index (χ3v) is 5.63. The molecule has 1 N–H and O–H groups in total. The molecule has 4 rings (SSSR count). The molecule has 0 atom stereocenters. The molecule has 3 nitrogen and oxygen atoms in total. The number of hydrogen-bond acceptors (Lipinski definition) is 4. The second-order valence-corrected chi connectivity index (χ2v) is 6.73. The smallest absolute Gasteiger partial charge is 0.265 e. The lowest BCUT2D eigenvalue weighted by molar-refractivity contribution is 0.103. The van der Waals surface area contributed by atoms with E-state index in [-0.39, 0.29) is 5.91 Å². The van der Waals surface area contributed by atoms with Gasteiger partial charge in [-0.2, -0.15) is 0 Å². The van der Waals surface area contributed by atoms with E-state index in [9.17, 15) is 4.79 Å². The third-order valence-electron chi connectivity index (χ3n) is 3.21. The van der Waals surface area contributed by atoms with Crippen molar-refractivity contribution in [2.45, 2.75) is 0 Å². The quantitative estimate of drug-likeness (QED) is 0.580. The highest BCUT2D eigenvalue weighted by molar-refractivity contribution is 7.33. The van der Waals surface area contributed by atoms with Crippen LogP contribution in [0.2, 0.25) is 0 Å². The highest BCUT2D eigenvalue weighted by atomic mass is 32.1. The van der Waals surface area contributed by atoms with Crippen molar-refractivity contribution >= 4 is 53.8 Å². The monoisotopic (exact) mass is 310 g/mol. The van der Waals surface area contributed by atoms with E-state index in [1.807, 2.05) is 18.2 Å². The van der Waals surface area contributed by atoms with Crippen LogP contribution >= 0.6 is 22.7 Å². The number of rotatable bonds is 2. The van der Waals surface area contributed by atoms with Gasteiger partial charge in [0.25, 0.3) is 5.91 Å². The van der Waals surface area contributed by atoms with Gasteiger partial charge in [-0.15, -0.1) is 22.7 Å². The molecule has 0 aliphatic heterocycles. The predicted octanol–water partition coefficient (Wildman–Crippen LogP) is 4.76. The van der Waals surface area contributed by atoms with E-state index in [0.29, 0.717) is 0 Å². The van der Waals surface area contributed by atoms with E-state index in [1.165, 1.54) is 19.5 Å². The first kappa shape index (κ1) is 12.5. The molecule has 0 aliphatic rings. The van der Waals surface area contributed by atoms with E-state index in [0.717, 1.165) is 10.6 Å². The van der Waals surface area contributed by atoms with Crippen molar-refractivity contribution in [1.29, 1.82) is 0 Å². The number of nitrogens with zero attached hydrogens (tertiary/aromatic N) is 1. The molecule has 102 valence electrons. The van der Waals surface area contributed by atoms with Crippen molar-refractivity contribution in [3.63, 3.8) is 0 Å². The lowest BCUT2D eigenvalue weighted by atomic mass is 10.2. The molecule has 5 heteroatoms. The molecule has 0 fully saturated rings. The Morgan fingerprint density at radius 2 is 1.81 bits per heavy atom. The number of fused-ring (bicyclic) bond motifs is 3. The van der Waals surface area contributed by atoms with Crippen LogP contribution in [0.25, 0.3) is 19.5 Å². The number of nitrogens with one attached hydrogen (secondary N) is 1. The van der Waals surface area contributed by atoms with Crippen molar-refractivity contribution in [3.05, 3.63) is 59.7 Å².